The number of amides is 2. The smallest absolute Gasteiger partial charge is 0.277 e. The predicted octanol–water partition coefficient (Wildman–Crippen LogP) is 2.07. The van der Waals surface area contributed by atoms with Crippen molar-refractivity contribution in [1.82, 2.24) is 15.3 Å². The number of rotatable bonds is 10. The van der Waals surface area contributed by atoms with Crippen LogP contribution in [0.2, 0.25) is 0 Å². The van der Waals surface area contributed by atoms with E-state index in [1.54, 1.807) is 44.6 Å². The minimum atomic E-state index is -0.604. The van der Waals surface area contributed by atoms with Gasteiger partial charge in [0.15, 0.2) is 22.5 Å². The van der Waals surface area contributed by atoms with Crippen LogP contribution in [0.5, 0.6) is 11.5 Å². The van der Waals surface area contributed by atoms with E-state index in [4.69, 9.17) is 15.2 Å². The quantitative estimate of drug-likeness (QED) is 0.253. The molecule has 0 aliphatic heterocycles. The standard InChI is InChI=1S/C23H25N5O5S/c1-32-16-9-8-14(12-17(16)33-2)10-11-25-18(29)13-34-23-27-20(24)19(22(31)28-23)26-21(30)15-6-4-3-5-7-15/h3-9,12H,10-11,13H2,1-2H3,(H,25,29)(H,26,30)(H3,24,27,28,31). The molecule has 0 bridgehead atoms. The summed E-state index contributed by atoms with van der Waals surface area (Å²) >= 11 is 1.03. The highest BCUT2D eigenvalue weighted by Crippen LogP contribution is 2.27. The van der Waals surface area contributed by atoms with E-state index in [2.05, 4.69) is 20.6 Å². The maximum atomic E-state index is 12.4. The molecule has 2 aromatic carbocycles. The maximum Gasteiger partial charge on any atom is 0.277 e. The summed E-state index contributed by atoms with van der Waals surface area (Å²) in [5.41, 5.74) is 6.48. The first-order chi connectivity index (χ1) is 16.4. The Morgan fingerprint density at radius 3 is 2.50 bits per heavy atom. The van der Waals surface area contributed by atoms with Crippen molar-refractivity contribution in [2.75, 3.05) is 37.6 Å². The van der Waals surface area contributed by atoms with E-state index in [0.29, 0.717) is 30.0 Å². The van der Waals surface area contributed by atoms with Gasteiger partial charge in [0.25, 0.3) is 11.5 Å². The average Bonchev–Trinajstić information content (AvgIpc) is 2.85. The van der Waals surface area contributed by atoms with Crippen LogP contribution in [0.1, 0.15) is 15.9 Å². The van der Waals surface area contributed by atoms with Crippen LogP contribution in [0.4, 0.5) is 11.5 Å². The molecule has 0 aliphatic rings. The molecule has 0 unspecified atom stereocenters. The maximum absolute atomic E-state index is 12.4. The average molecular weight is 484 g/mol. The second kappa shape index (κ2) is 11.8. The number of aromatic amines is 1. The monoisotopic (exact) mass is 483 g/mol. The van der Waals surface area contributed by atoms with E-state index in [1.807, 2.05) is 18.2 Å². The van der Waals surface area contributed by atoms with Gasteiger partial charge in [-0.15, -0.1) is 0 Å². The van der Waals surface area contributed by atoms with Crippen molar-refractivity contribution in [3.05, 3.63) is 70.0 Å². The molecule has 1 aromatic heterocycles. The fraction of sp³-hybridized carbons (Fsp3) is 0.217. The molecule has 0 saturated carbocycles. The van der Waals surface area contributed by atoms with E-state index in [9.17, 15) is 14.4 Å². The number of carbonyl (C=O) groups excluding carboxylic acids is 2. The molecule has 0 saturated heterocycles. The summed E-state index contributed by atoms with van der Waals surface area (Å²) in [6, 6.07) is 14.0. The predicted molar refractivity (Wildman–Crippen MR) is 131 cm³/mol. The van der Waals surface area contributed by atoms with Gasteiger partial charge >= 0.3 is 0 Å². The van der Waals surface area contributed by atoms with E-state index in [0.717, 1.165) is 17.3 Å². The SMILES string of the molecule is COc1ccc(CCNC(=O)CSc2nc(N)c(NC(=O)c3ccccc3)c(=O)[nH]2)cc1OC. The first kappa shape index (κ1) is 24.6. The minimum Gasteiger partial charge on any atom is -0.493 e. The first-order valence-electron chi connectivity index (χ1n) is 10.3. The zero-order valence-corrected chi connectivity index (χ0v) is 19.5. The molecule has 178 valence electrons. The lowest BCUT2D eigenvalue weighted by atomic mass is 10.1. The lowest BCUT2D eigenvalue weighted by Crippen LogP contribution is -2.27. The molecule has 0 aliphatic carbocycles. The van der Waals surface area contributed by atoms with Crippen molar-refractivity contribution >= 4 is 35.1 Å². The summed E-state index contributed by atoms with van der Waals surface area (Å²) < 4.78 is 10.5. The van der Waals surface area contributed by atoms with Crippen molar-refractivity contribution in [1.29, 1.82) is 0 Å². The molecule has 3 aromatic rings. The molecule has 0 atom stereocenters. The number of nitrogens with zero attached hydrogens (tertiary/aromatic N) is 1. The summed E-state index contributed by atoms with van der Waals surface area (Å²) in [6.45, 7) is 0.422. The number of H-pyrrole nitrogens is 1. The molecular weight excluding hydrogens is 458 g/mol. The zero-order valence-electron chi connectivity index (χ0n) is 18.7. The Hall–Kier alpha value is -3.99. The highest BCUT2D eigenvalue weighted by Gasteiger charge is 2.14. The van der Waals surface area contributed by atoms with Crippen molar-refractivity contribution in [2.45, 2.75) is 11.6 Å². The zero-order chi connectivity index (χ0) is 24.5. The Bertz CT molecular complexity index is 1220. The number of carbonyl (C=O) groups is 2. The first-order valence-corrected chi connectivity index (χ1v) is 11.3. The van der Waals surface area contributed by atoms with Gasteiger partial charge in [0, 0.05) is 12.1 Å². The highest BCUT2D eigenvalue weighted by atomic mass is 32.2. The molecule has 34 heavy (non-hydrogen) atoms. The fourth-order valence-electron chi connectivity index (χ4n) is 3.00. The van der Waals surface area contributed by atoms with Crippen LogP contribution in [0.15, 0.2) is 58.5 Å². The van der Waals surface area contributed by atoms with Crippen LogP contribution in [0.3, 0.4) is 0 Å². The van der Waals surface area contributed by atoms with Gasteiger partial charge in [0.1, 0.15) is 5.69 Å². The van der Waals surface area contributed by atoms with Gasteiger partial charge in [-0.05, 0) is 36.2 Å². The Morgan fingerprint density at radius 1 is 1.09 bits per heavy atom. The van der Waals surface area contributed by atoms with E-state index in [1.165, 1.54) is 0 Å². The highest BCUT2D eigenvalue weighted by molar-refractivity contribution is 7.99. The van der Waals surface area contributed by atoms with Crippen LogP contribution < -0.4 is 31.4 Å². The Morgan fingerprint density at radius 2 is 1.82 bits per heavy atom. The number of aromatic nitrogens is 2. The molecule has 1 heterocycles. The number of hydrogen-bond acceptors (Lipinski definition) is 8. The number of anilines is 2. The summed E-state index contributed by atoms with van der Waals surface area (Å²) in [6.07, 6.45) is 0.606. The summed E-state index contributed by atoms with van der Waals surface area (Å²) in [7, 11) is 3.13. The third-order valence-electron chi connectivity index (χ3n) is 4.72. The molecule has 10 nitrogen and oxygen atoms in total. The Balaban J connectivity index is 1.51. The Labute approximate surface area is 200 Å². The van der Waals surface area contributed by atoms with Gasteiger partial charge in [-0.1, -0.05) is 36.0 Å². The van der Waals surface area contributed by atoms with Crippen LogP contribution in [-0.4, -0.2) is 48.3 Å². The normalized spacial score (nSPS) is 10.4. The van der Waals surface area contributed by atoms with Crippen LogP contribution in [0.25, 0.3) is 0 Å². The number of thioether (sulfide) groups is 1. The van der Waals surface area contributed by atoms with E-state index in [-0.39, 0.29) is 28.3 Å². The van der Waals surface area contributed by atoms with Crippen molar-refractivity contribution in [3.8, 4) is 11.5 Å². The van der Waals surface area contributed by atoms with Gasteiger partial charge in [-0.25, -0.2) is 4.98 Å². The van der Waals surface area contributed by atoms with Gasteiger partial charge in [0.05, 0.1) is 20.0 Å². The van der Waals surface area contributed by atoms with E-state index >= 15 is 0 Å². The molecule has 2 amide bonds. The number of nitrogens with one attached hydrogen (secondary N) is 3. The summed E-state index contributed by atoms with van der Waals surface area (Å²) in [5, 5.41) is 5.46. The topological polar surface area (TPSA) is 148 Å². The molecule has 3 rings (SSSR count). The number of nitrogens with two attached hydrogens (primary N) is 1. The second-order valence-corrected chi connectivity index (χ2v) is 7.99. The summed E-state index contributed by atoms with van der Waals surface area (Å²) in [4.78, 5) is 43.4. The van der Waals surface area contributed by atoms with Crippen molar-refractivity contribution in [2.24, 2.45) is 0 Å². The van der Waals surface area contributed by atoms with Crippen LogP contribution >= 0.6 is 11.8 Å². The van der Waals surface area contributed by atoms with Crippen LogP contribution in [0, 0.1) is 0 Å². The number of ether oxygens (including phenoxy) is 2. The van der Waals surface area contributed by atoms with Crippen molar-refractivity contribution in [3.63, 3.8) is 0 Å². The molecule has 5 N–H and O–H groups in total. The largest absolute Gasteiger partial charge is 0.493 e. The third kappa shape index (κ3) is 6.51. The molecule has 0 radical (unpaired) electrons. The van der Waals surface area contributed by atoms with Crippen molar-refractivity contribution < 1.29 is 19.1 Å². The fourth-order valence-corrected chi connectivity index (χ4v) is 3.70. The number of nitrogen functional groups attached to an aromatic ring is 1. The lowest BCUT2D eigenvalue weighted by Gasteiger charge is -2.10. The van der Waals surface area contributed by atoms with Gasteiger partial charge < -0.3 is 25.8 Å². The number of hydrogen-bond donors (Lipinski definition) is 4. The van der Waals surface area contributed by atoms with Gasteiger partial charge in [0.2, 0.25) is 5.91 Å². The van der Waals surface area contributed by atoms with E-state index < -0.39 is 11.5 Å². The Kier molecular flexibility index (Phi) is 8.52. The lowest BCUT2D eigenvalue weighted by molar-refractivity contribution is -0.118. The van der Waals surface area contributed by atoms with Crippen LogP contribution in [-0.2, 0) is 11.2 Å². The molecule has 0 fully saturated rings. The second-order valence-electron chi connectivity index (χ2n) is 7.03. The molecule has 11 heteroatoms. The minimum absolute atomic E-state index is 0.0318. The van der Waals surface area contributed by atoms with Gasteiger partial charge in [-0.2, -0.15) is 0 Å². The molecular formula is C23H25N5O5S. The third-order valence-corrected chi connectivity index (χ3v) is 5.60. The number of benzene rings is 2. The number of methoxy groups -OCH3 is 2. The summed E-state index contributed by atoms with van der Waals surface area (Å²) in [5.74, 6) is 0.451. The molecule has 0 spiro atoms. The van der Waals surface area contributed by atoms with Gasteiger partial charge in [-0.3, -0.25) is 19.4 Å².